The second-order valence-corrected chi connectivity index (χ2v) is 16.4. The van der Waals surface area contributed by atoms with Gasteiger partial charge >= 0.3 is 5.97 Å². The SMILES string of the molecule is CC/C=C\C/C=C\C/C=C\CCCCCCCC(=O)O[C@@H](COCCCCCCCCCCCCCCCC)COP(=O)([O-])OCC[N+](C)(C)C. The first-order valence-corrected chi connectivity index (χ1v) is 22.2. The summed E-state index contributed by atoms with van der Waals surface area (Å²) in [5, 5.41) is 0. The van der Waals surface area contributed by atoms with Crippen molar-refractivity contribution in [3.8, 4) is 0 Å². The minimum Gasteiger partial charge on any atom is -0.756 e. The normalized spacial score (nSPS) is 14.2. The fourth-order valence-corrected chi connectivity index (χ4v) is 6.23. The Morgan fingerprint density at radius 3 is 1.71 bits per heavy atom. The maximum atomic E-state index is 12.6. The molecule has 0 aromatic carbocycles. The molecule has 0 saturated heterocycles. The minimum atomic E-state index is -4.52. The van der Waals surface area contributed by atoms with Crippen LogP contribution >= 0.6 is 7.82 Å². The van der Waals surface area contributed by atoms with E-state index in [1.54, 1.807) is 0 Å². The van der Waals surface area contributed by atoms with Gasteiger partial charge in [0.25, 0.3) is 7.82 Å². The van der Waals surface area contributed by atoms with Crippen LogP contribution in [0.1, 0.15) is 168 Å². The lowest BCUT2D eigenvalue weighted by Crippen LogP contribution is -2.37. The fraction of sp³-hybridized carbons (Fsp3) is 0.833. The first-order chi connectivity index (χ1) is 24.6. The first kappa shape index (κ1) is 49.7. The van der Waals surface area contributed by atoms with Gasteiger partial charge in [-0.1, -0.05) is 153 Å². The van der Waals surface area contributed by atoms with E-state index < -0.39 is 13.9 Å². The molecule has 0 rings (SSSR count). The van der Waals surface area contributed by atoms with Crippen LogP contribution in [0, 0.1) is 0 Å². The number of ether oxygens (including phenoxy) is 2. The summed E-state index contributed by atoms with van der Waals surface area (Å²) in [6, 6.07) is 0. The van der Waals surface area contributed by atoms with Crippen molar-refractivity contribution in [3.05, 3.63) is 36.5 Å². The van der Waals surface area contributed by atoms with Crippen molar-refractivity contribution in [3.63, 3.8) is 0 Å². The second-order valence-electron chi connectivity index (χ2n) is 15.0. The molecule has 9 heteroatoms. The van der Waals surface area contributed by atoms with Crippen molar-refractivity contribution in [2.45, 2.75) is 174 Å². The van der Waals surface area contributed by atoms with E-state index in [2.05, 4.69) is 50.3 Å². The third kappa shape index (κ3) is 39.8. The highest BCUT2D eigenvalue weighted by molar-refractivity contribution is 7.45. The number of hydrogen-bond donors (Lipinski definition) is 0. The van der Waals surface area contributed by atoms with Crippen LogP contribution in [0.5, 0.6) is 0 Å². The number of esters is 1. The fourth-order valence-electron chi connectivity index (χ4n) is 5.50. The Kier molecular flexibility index (Phi) is 34.8. The number of rotatable bonds is 38. The molecule has 0 heterocycles. The van der Waals surface area contributed by atoms with Crippen LogP contribution in [0.15, 0.2) is 36.5 Å². The van der Waals surface area contributed by atoms with E-state index in [9.17, 15) is 14.3 Å². The van der Waals surface area contributed by atoms with Gasteiger partial charge in [0.1, 0.15) is 19.3 Å². The molecule has 0 bridgehead atoms. The third-order valence-electron chi connectivity index (χ3n) is 8.71. The molecule has 0 aliphatic carbocycles. The van der Waals surface area contributed by atoms with Gasteiger partial charge in [0.05, 0.1) is 34.4 Å². The van der Waals surface area contributed by atoms with Crippen LogP contribution in [-0.2, 0) is 27.9 Å². The maximum Gasteiger partial charge on any atom is 0.306 e. The zero-order valence-corrected chi connectivity index (χ0v) is 34.7. The molecular weight excluding hydrogens is 661 g/mol. The van der Waals surface area contributed by atoms with Crippen molar-refractivity contribution in [1.82, 2.24) is 0 Å². The number of carbonyl (C=O) groups is 1. The maximum absolute atomic E-state index is 12.6. The van der Waals surface area contributed by atoms with Gasteiger partial charge in [-0.3, -0.25) is 9.36 Å². The number of phosphoric acid groups is 1. The molecule has 0 N–H and O–H groups in total. The smallest absolute Gasteiger partial charge is 0.306 e. The second kappa shape index (κ2) is 35.7. The van der Waals surface area contributed by atoms with Gasteiger partial charge in [-0.05, 0) is 44.9 Å². The molecule has 0 aromatic rings. The molecule has 51 heavy (non-hydrogen) atoms. The molecule has 8 nitrogen and oxygen atoms in total. The van der Waals surface area contributed by atoms with Gasteiger partial charge in [-0.25, -0.2) is 0 Å². The molecule has 300 valence electrons. The highest BCUT2D eigenvalue weighted by Crippen LogP contribution is 2.38. The van der Waals surface area contributed by atoms with E-state index in [0.717, 1.165) is 70.6 Å². The summed E-state index contributed by atoms with van der Waals surface area (Å²) in [6.07, 6.45) is 40.0. The lowest BCUT2D eigenvalue weighted by Gasteiger charge is -2.28. The minimum absolute atomic E-state index is 0.0230. The lowest BCUT2D eigenvalue weighted by molar-refractivity contribution is -0.870. The third-order valence-corrected chi connectivity index (χ3v) is 9.67. The Morgan fingerprint density at radius 1 is 0.627 bits per heavy atom. The van der Waals surface area contributed by atoms with Crippen molar-refractivity contribution in [2.24, 2.45) is 0 Å². The average molecular weight is 742 g/mol. The van der Waals surface area contributed by atoms with E-state index in [0.29, 0.717) is 24.1 Å². The molecule has 0 saturated carbocycles. The molecule has 0 amide bonds. The number of likely N-dealkylation sites (N-methyl/N-ethyl adjacent to an activating group) is 1. The summed E-state index contributed by atoms with van der Waals surface area (Å²) >= 11 is 0. The van der Waals surface area contributed by atoms with Gasteiger partial charge in [-0.2, -0.15) is 0 Å². The van der Waals surface area contributed by atoms with Crippen molar-refractivity contribution in [2.75, 3.05) is 54.1 Å². The van der Waals surface area contributed by atoms with E-state index in [4.69, 9.17) is 18.5 Å². The van der Waals surface area contributed by atoms with E-state index in [-0.39, 0.29) is 25.8 Å². The quantitative estimate of drug-likeness (QED) is 0.0204. The summed E-state index contributed by atoms with van der Waals surface area (Å²) < 4.78 is 34.5. The van der Waals surface area contributed by atoms with Gasteiger partial charge < -0.3 is 27.9 Å². The van der Waals surface area contributed by atoms with Crippen molar-refractivity contribution >= 4 is 13.8 Å². The predicted molar refractivity (Wildman–Crippen MR) is 213 cm³/mol. The zero-order chi connectivity index (χ0) is 37.7. The summed E-state index contributed by atoms with van der Waals surface area (Å²) in [6.45, 7) is 5.28. The number of phosphoric ester groups is 1. The Labute approximate surface area is 315 Å². The molecule has 0 fully saturated rings. The van der Waals surface area contributed by atoms with Crippen molar-refractivity contribution in [1.29, 1.82) is 0 Å². The summed E-state index contributed by atoms with van der Waals surface area (Å²) in [5.41, 5.74) is 0. The van der Waals surface area contributed by atoms with Gasteiger partial charge in [0.2, 0.25) is 0 Å². The van der Waals surface area contributed by atoms with Crippen LogP contribution < -0.4 is 4.89 Å². The Hall–Kier alpha value is -1.28. The molecule has 0 aliphatic heterocycles. The predicted octanol–water partition coefficient (Wildman–Crippen LogP) is 11.2. The molecule has 1 unspecified atom stereocenters. The molecule has 0 aromatic heterocycles. The molecule has 0 spiro atoms. The van der Waals surface area contributed by atoms with E-state index >= 15 is 0 Å². The monoisotopic (exact) mass is 742 g/mol. The molecular formula is C42H80NO7P. The molecule has 0 radical (unpaired) electrons. The summed E-state index contributed by atoms with van der Waals surface area (Å²) in [4.78, 5) is 25.0. The number of quaternary nitrogens is 1. The Bertz CT molecular complexity index is 915. The topological polar surface area (TPSA) is 94.1 Å². The number of nitrogens with zero attached hydrogens (tertiary/aromatic N) is 1. The number of carbonyl (C=O) groups excluding carboxylic acids is 1. The molecule has 2 atom stereocenters. The standard InChI is InChI=1S/C42H80NO7P/c1-6-8-10-12-14-16-18-20-22-23-25-27-29-31-33-35-42(44)50-41(40-49-51(45,46)48-38-36-43(3,4)5)39-47-37-34-32-30-28-26-24-21-19-17-15-13-11-9-7-2/h8,10,14,16,20,22,41H,6-7,9,11-13,15,17-19,21,23-40H2,1-5H3/b10-8-,16-14-,22-20-/t41-/m0/s1. The molecule has 0 aliphatic rings. The number of unbranched alkanes of at least 4 members (excludes halogenated alkanes) is 18. The Balaban J connectivity index is 4.29. The van der Waals surface area contributed by atoms with Gasteiger partial charge in [-0.15, -0.1) is 0 Å². The average Bonchev–Trinajstić information content (AvgIpc) is 3.08. The number of hydrogen-bond acceptors (Lipinski definition) is 7. The highest BCUT2D eigenvalue weighted by atomic mass is 31.2. The van der Waals surface area contributed by atoms with Crippen LogP contribution in [-0.4, -0.2) is 70.7 Å². The van der Waals surface area contributed by atoms with Crippen LogP contribution in [0.4, 0.5) is 0 Å². The summed E-state index contributed by atoms with van der Waals surface area (Å²) in [7, 11) is 1.34. The number of allylic oxidation sites excluding steroid dienone is 6. The van der Waals surface area contributed by atoms with Crippen LogP contribution in [0.3, 0.4) is 0 Å². The van der Waals surface area contributed by atoms with Gasteiger partial charge in [0, 0.05) is 13.0 Å². The lowest BCUT2D eigenvalue weighted by atomic mass is 10.0. The van der Waals surface area contributed by atoms with Crippen LogP contribution in [0.2, 0.25) is 0 Å². The zero-order valence-electron chi connectivity index (χ0n) is 33.8. The highest BCUT2D eigenvalue weighted by Gasteiger charge is 2.20. The largest absolute Gasteiger partial charge is 0.756 e. The summed E-state index contributed by atoms with van der Waals surface area (Å²) in [5.74, 6) is -0.350. The first-order valence-electron chi connectivity index (χ1n) is 20.7. The van der Waals surface area contributed by atoms with Crippen molar-refractivity contribution < 1.29 is 37.3 Å². The van der Waals surface area contributed by atoms with Gasteiger partial charge in [0.15, 0.2) is 0 Å². The van der Waals surface area contributed by atoms with Crippen LogP contribution in [0.25, 0.3) is 0 Å². The van der Waals surface area contributed by atoms with E-state index in [1.165, 1.54) is 77.0 Å². The Morgan fingerprint density at radius 2 is 1.14 bits per heavy atom. The van der Waals surface area contributed by atoms with E-state index in [1.807, 2.05) is 21.1 Å².